The van der Waals surface area contributed by atoms with E-state index < -0.39 is 0 Å². The third-order valence-electron chi connectivity index (χ3n) is 5.52. The van der Waals surface area contributed by atoms with Crippen LogP contribution in [0.4, 0.5) is 10.5 Å². The Morgan fingerprint density at radius 2 is 1.59 bits per heavy atom. The lowest BCUT2D eigenvalue weighted by Crippen LogP contribution is -2.51. The van der Waals surface area contributed by atoms with Crippen LogP contribution in [-0.4, -0.2) is 72.5 Å². The highest BCUT2D eigenvalue weighted by Crippen LogP contribution is 2.18. The molecule has 2 saturated heterocycles. The van der Waals surface area contributed by atoms with Crippen molar-refractivity contribution in [3.8, 4) is 0 Å². The molecular weight excluding hydrogens is 388 g/mol. The zero-order chi connectivity index (χ0) is 20.2. The van der Waals surface area contributed by atoms with Crippen molar-refractivity contribution in [2.45, 2.75) is 6.54 Å². The second-order valence-corrected chi connectivity index (χ2v) is 7.90. The minimum atomic E-state index is -0.0822. The molecule has 2 aliphatic heterocycles. The van der Waals surface area contributed by atoms with E-state index in [9.17, 15) is 9.59 Å². The van der Waals surface area contributed by atoms with Crippen molar-refractivity contribution in [3.63, 3.8) is 0 Å². The van der Waals surface area contributed by atoms with Crippen molar-refractivity contribution in [2.24, 2.45) is 0 Å². The fraction of sp³-hybridized carbons (Fsp3) is 0.364. The lowest BCUT2D eigenvalue weighted by molar-refractivity contribution is -0.131. The number of anilines is 1. The molecule has 4 rings (SSSR count). The Labute approximate surface area is 176 Å². The summed E-state index contributed by atoms with van der Waals surface area (Å²) < 4.78 is 0. The Hall–Kier alpha value is -2.73. The number of rotatable bonds is 5. The monoisotopic (exact) mass is 412 g/mol. The molecule has 0 radical (unpaired) electrons. The van der Waals surface area contributed by atoms with Gasteiger partial charge in [0.25, 0.3) is 0 Å². The quantitative estimate of drug-likeness (QED) is 0.758. The normalized spacial score (nSPS) is 17.2. The summed E-state index contributed by atoms with van der Waals surface area (Å²) in [6.45, 7) is 4.85. The molecule has 29 heavy (non-hydrogen) atoms. The van der Waals surface area contributed by atoms with Gasteiger partial charge >= 0.3 is 6.03 Å². The summed E-state index contributed by atoms with van der Waals surface area (Å²) in [7, 11) is 0. The van der Waals surface area contributed by atoms with Crippen LogP contribution in [0, 0.1) is 0 Å². The van der Waals surface area contributed by atoms with Gasteiger partial charge in [0.15, 0.2) is 0 Å². The molecule has 2 aromatic carbocycles. The van der Waals surface area contributed by atoms with E-state index in [0.29, 0.717) is 37.7 Å². The number of nitrogens with zero attached hydrogens (tertiary/aromatic N) is 4. The largest absolute Gasteiger partial charge is 0.368 e. The van der Waals surface area contributed by atoms with Crippen LogP contribution in [-0.2, 0) is 11.3 Å². The van der Waals surface area contributed by atoms with Gasteiger partial charge in [-0.2, -0.15) is 0 Å². The summed E-state index contributed by atoms with van der Waals surface area (Å²) in [5.74, 6) is 0.0238. The van der Waals surface area contributed by atoms with E-state index in [1.165, 1.54) is 5.69 Å². The van der Waals surface area contributed by atoms with Crippen LogP contribution in [0.5, 0.6) is 0 Å². The maximum Gasteiger partial charge on any atom is 0.320 e. The molecule has 7 heteroatoms. The molecule has 0 aromatic heterocycles. The fourth-order valence-electron chi connectivity index (χ4n) is 3.90. The summed E-state index contributed by atoms with van der Waals surface area (Å²) in [6.07, 6.45) is 0. The van der Waals surface area contributed by atoms with E-state index >= 15 is 0 Å². The number of para-hydroxylation sites is 1. The number of hydrogen-bond acceptors (Lipinski definition) is 3. The molecule has 0 unspecified atom stereocenters. The molecular formula is C22H25ClN4O2. The van der Waals surface area contributed by atoms with Gasteiger partial charge in [-0.15, -0.1) is 0 Å². The van der Waals surface area contributed by atoms with Gasteiger partial charge in [0, 0.05) is 56.5 Å². The summed E-state index contributed by atoms with van der Waals surface area (Å²) in [4.78, 5) is 33.0. The lowest BCUT2D eigenvalue weighted by atomic mass is 10.2. The molecule has 6 nitrogen and oxygen atoms in total. The molecule has 2 heterocycles. The van der Waals surface area contributed by atoms with E-state index in [4.69, 9.17) is 11.6 Å². The first kappa shape index (κ1) is 19.6. The predicted octanol–water partition coefficient (Wildman–Crippen LogP) is 2.93. The zero-order valence-corrected chi connectivity index (χ0v) is 17.1. The Morgan fingerprint density at radius 1 is 0.862 bits per heavy atom. The molecule has 0 atom stereocenters. The number of halogens is 1. The van der Waals surface area contributed by atoms with Crippen molar-refractivity contribution in [1.29, 1.82) is 0 Å². The molecule has 2 aliphatic rings. The molecule has 0 saturated carbocycles. The highest BCUT2D eigenvalue weighted by molar-refractivity contribution is 6.30. The van der Waals surface area contributed by atoms with Crippen molar-refractivity contribution in [1.82, 2.24) is 14.7 Å². The average molecular weight is 413 g/mol. The topological polar surface area (TPSA) is 47.1 Å². The van der Waals surface area contributed by atoms with Crippen LogP contribution >= 0.6 is 11.6 Å². The smallest absolute Gasteiger partial charge is 0.320 e. The number of carbonyl (C=O) groups excluding carboxylic acids is 2. The summed E-state index contributed by atoms with van der Waals surface area (Å²) >= 11 is 6.03. The van der Waals surface area contributed by atoms with Crippen LogP contribution < -0.4 is 4.90 Å². The Balaban J connectivity index is 1.27. The zero-order valence-electron chi connectivity index (χ0n) is 16.3. The maximum absolute atomic E-state index is 12.7. The molecule has 2 aromatic rings. The fourth-order valence-corrected chi connectivity index (χ4v) is 4.11. The first-order valence-electron chi connectivity index (χ1n) is 9.96. The van der Waals surface area contributed by atoms with E-state index in [-0.39, 0.29) is 18.5 Å². The third-order valence-corrected chi connectivity index (χ3v) is 5.76. The number of carbonyl (C=O) groups is 2. The summed E-state index contributed by atoms with van der Waals surface area (Å²) in [5.41, 5.74) is 2.18. The predicted molar refractivity (Wildman–Crippen MR) is 114 cm³/mol. The number of amides is 3. The molecule has 0 bridgehead atoms. The minimum Gasteiger partial charge on any atom is -0.368 e. The highest BCUT2D eigenvalue weighted by atomic mass is 35.5. The summed E-state index contributed by atoms with van der Waals surface area (Å²) in [5, 5.41) is 0.663. The van der Waals surface area contributed by atoms with Crippen LogP contribution in [0.3, 0.4) is 0 Å². The third kappa shape index (κ3) is 4.65. The van der Waals surface area contributed by atoms with E-state index in [0.717, 1.165) is 18.7 Å². The van der Waals surface area contributed by atoms with Gasteiger partial charge in [0.1, 0.15) is 6.54 Å². The van der Waals surface area contributed by atoms with Crippen molar-refractivity contribution in [2.75, 3.05) is 50.7 Å². The highest BCUT2D eigenvalue weighted by Gasteiger charge is 2.31. The summed E-state index contributed by atoms with van der Waals surface area (Å²) in [6, 6.07) is 17.7. The standard InChI is InChI=1S/C22H25ClN4O2/c23-19-6-4-5-18(15-19)16-26-13-14-27(22(26)29)17-21(28)25-11-9-24(10-12-25)20-7-2-1-3-8-20/h1-8,15H,9-14,16-17H2. The average Bonchev–Trinajstić information content (AvgIpc) is 3.08. The van der Waals surface area contributed by atoms with Crippen LogP contribution in [0.2, 0.25) is 5.02 Å². The van der Waals surface area contributed by atoms with Gasteiger partial charge in [-0.1, -0.05) is 41.9 Å². The van der Waals surface area contributed by atoms with Gasteiger partial charge in [-0.05, 0) is 29.8 Å². The molecule has 0 N–H and O–H groups in total. The van der Waals surface area contributed by atoms with Crippen molar-refractivity contribution >= 4 is 29.2 Å². The first-order valence-corrected chi connectivity index (χ1v) is 10.3. The molecule has 0 spiro atoms. The number of urea groups is 1. The van der Waals surface area contributed by atoms with E-state index in [1.807, 2.05) is 47.4 Å². The van der Waals surface area contributed by atoms with E-state index in [1.54, 1.807) is 9.80 Å². The molecule has 0 aliphatic carbocycles. The van der Waals surface area contributed by atoms with Gasteiger partial charge < -0.3 is 19.6 Å². The molecule has 3 amide bonds. The van der Waals surface area contributed by atoms with Crippen molar-refractivity contribution in [3.05, 3.63) is 65.2 Å². The Kier molecular flexibility index (Phi) is 5.90. The van der Waals surface area contributed by atoms with Crippen LogP contribution in [0.1, 0.15) is 5.56 Å². The lowest BCUT2D eigenvalue weighted by Gasteiger charge is -2.36. The maximum atomic E-state index is 12.7. The Bertz CT molecular complexity index is 868. The van der Waals surface area contributed by atoms with Gasteiger partial charge in [0.05, 0.1) is 0 Å². The van der Waals surface area contributed by atoms with Crippen LogP contribution in [0.15, 0.2) is 54.6 Å². The molecule has 152 valence electrons. The Morgan fingerprint density at radius 3 is 2.31 bits per heavy atom. The van der Waals surface area contributed by atoms with E-state index in [2.05, 4.69) is 17.0 Å². The van der Waals surface area contributed by atoms with Gasteiger partial charge in [0.2, 0.25) is 5.91 Å². The van der Waals surface area contributed by atoms with Gasteiger partial charge in [-0.25, -0.2) is 4.79 Å². The second kappa shape index (κ2) is 8.74. The van der Waals surface area contributed by atoms with Crippen molar-refractivity contribution < 1.29 is 9.59 Å². The van der Waals surface area contributed by atoms with Gasteiger partial charge in [-0.3, -0.25) is 4.79 Å². The molecule has 2 fully saturated rings. The SMILES string of the molecule is O=C(CN1CCN(Cc2cccc(Cl)c2)C1=O)N1CCN(c2ccccc2)CC1. The first-order chi connectivity index (χ1) is 14.1. The van der Waals surface area contributed by atoms with Crippen LogP contribution in [0.25, 0.3) is 0 Å². The number of benzene rings is 2. The number of hydrogen-bond donors (Lipinski definition) is 0. The second-order valence-electron chi connectivity index (χ2n) is 7.46. The number of piperazine rings is 1. The minimum absolute atomic E-state index is 0.0238.